The Kier molecular flexibility index (Phi) is 4.87. The van der Waals surface area contributed by atoms with E-state index >= 15 is 0 Å². The Bertz CT molecular complexity index is 441. The fourth-order valence-corrected chi connectivity index (χ4v) is 2.07. The zero-order valence-electron chi connectivity index (χ0n) is 10.6. The molecule has 0 aromatic heterocycles. The van der Waals surface area contributed by atoms with Gasteiger partial charge in [-0.05, 0) is 37.0 Å². The minimum atomic E-state index is -1.26. The zero-order valence-corrected chi connectivity index (χ0v) is 10.6. The van der Waals surface area contributed by atoms with Gasteiger partial charge in [-0.2, -0.15) is 0 Å². The van der Waals surface area contributed by atoms with E-state index in [-0.39, 0.29) is 18.3 Å². The van der Waals surface area contributed by atoms with Crippen molar-refractivity contribution in [3.63, 3.8) is 0 Å². The van der Waals surface area contributed by atoms with Crippen molar-refractivity contribution >= 4 is 5.97 Å². The Hall–Kier alpha value is -1.46. The van der Waals surface area contributed by atoms with Gasteiger partial charge in [-0.3, -0.25) is 0 Å². The summed E-state index contributed by atoms with van der Waals surface area (Å²) in [5.41, 5.74) is 0.303. The van der Waals surface area contributed by atoms with Crippen LogP contribution in [0.15, 0.2) is 18.2 Å². The molecule has 1 atom stereocenters. The van der Waals surface area contributed by atoms with Crippen molar-refractivity contribution in [3.8, 4) is 0 Å². The van der Waals surface area contributed by atoms with Crippen LogP contribution in [0.25, 0.3) is 0 Å². The number of hydrogen-bond acceptors (Lipinski definition) is 3. The lowest BCUT2D eigenvalue weighted by atomic mass is 10.1. The molecule has 1 aliphatic rings. The fraction of sp³-hybridized carbons (Fsp3) is 0.500. The quantitative estimate of drug-likeness (QED) is 0.891. The first-order chi connectivity index (χ1) is 9.16. The smallest absolute Gasteiger partial charge is 0.338 e. The summed E-state index contributed by atoms with van der Waals surface area (Å²) >= 11 is 0. The van der Waals surface area contributed by atoms with Crippen LogP contribution in [0.5, 0.6) is 0 Å². The Labute approximate surface area is 111 Å². The second kappa shape index (κ2) is 6.63. The Morgan fingerprint density at radius 2 is 2.32 bits per heavy atom. The molecule has 0 spiro atoms. The molecule has 104 valence electrons. The highest BCUT2D eigenvalue weighted by atomic mass is 19.1. The second-order valence-electron chi connectivity index (χ2n) is 4.62. The van der Waals surface area contributed by atoms with E-state index in [0.717, 1.165) is 25.9 Å². The average molecular weight is 268 g/mol. The second-order valence-corrected chi connectivity index (χ2v) is 4.62. The van der Waals surface area contributed by atoms with Gasteiger partial charge in [0.15, 0.2) is 0 Å². The van der Waals surface area contributed by atoms with Crippen LogP contribution in [0.1, 0.15) is 35.2 Å². The summed E-state index contributed by atoms with van der Waals surface area (Å²) < 4.78 is 24.4. The first-order valence-corrected chi connectivity index (χ1v) is 6.38. The Morgan fingerprint density at radius 3 is 2.95 bits per heavy atom. The molecule has 0 radical (unpaired) electrons. The summed E-state index contributed by atoms with van der Waals surface area (Å²) in [6.07, 6.45) is 3.36. The summed E-state index contributed by atoms with van der Waals surface area (Å²) in [7, 11) is 0. The van der Waals surface area contributed by atoms with Gasteiger partial charge in [-0.25, -0.2) is 9.18 Å². The highest BCUT2D eigenvalue weighted by molar-refractivity contribution is 5.87. The van der Waals surface area contributed by atoms with E-state index in [2.05, 4.69) is 0 Å². The number of benzene rings is 1. The molecule has 1 heterocycles. The lowest BCUT2D eigenvalue weighted by Gasteiger charge is -2.22. The van der Waals surface area contributed by atoms with E-state index in [0.29, 0.717) is 12.2 Å². The van der Waals surface area contributed by atoms with Crippen molar-refractivity contribution in [2.45, 2.75) is 32.0 Å². The molecule has 0 saturated carbocycles. The van der Waals surface area contributed by atoms with Crippen LogP contribution in [-0.2, 0) is 16.1 Å². The van der Waals surface area contributed by atoms with Crippen LogP contribution in [0.3, 0.4) is 0 Å². The Balaban J connectivity index is 1.82. The van der Waals surface area contributed by atoms with Crippen LogP contribution >= 0.6 is 0 Å². The number of carboxylic acid groups (broad SMARTS) is 1. The summed E-state index contributed by atoms with van der Waals surface area (Å²) in [6, 6.07) is 4.02. The molecule has 2 rings (SSSR count). The molecule has 1 fully saturated rings. The van der Waals surface area contributed by atoms with Gasteiger partial charge in [0.2, 0.25) is 0 Å². The minimum Gasteiger partial charge on any atom is -0.478 e. The highest BCUT2D eigenvalue weighted by Crippen LogP contribution is 2.15. The number of carbonyl (C=O) groups is 1. The van der Waals surface area contributed by atoms with E-state index in [1.54, 1.807) is 6.07 Å². The first-order valence-electron chi connectivity index (χ1n) is 6.38. The topological polar surface area (TPSA) is 55.8 Å². The molecule has 1 saturated heterocycles. The van der Waals surface area contributed by atoms with Crippen molar-refractivity contribution in [1.82, 2.24) is 0 Å². The van der Waals surface area contributed by atoms with E-state index < -0.39 is 11.8 Å². The van der Waals surface area contributed by atoms with Gasteiger partial charge in [0.05, 0.1) is 24.9 Å². The number of carboxylic acids is 1. The molecule has 0 bridgehead atoms. The van der Waals surface area contributed by atoms with E-state index in [9.17, 15) is 9.18 Å². The third-order valence-electron chi connectivity index (χ3n) is 3.11. The van der Waals surface area contributed by atoms with E-state index in [4.69, 9.17) is 14.6 Å². The predicted molar refractivity (Wildman–Crippen MR) is 66.6 cm³/mol. The van der Waals surface area contributed by atoms with Crippen LogP contribution in [-0.4, -0.2) is 30.4 Å². The third-order valence-corrected chi connectivity index (χ3v) is 3.11. The lowest BCUT2D eigenvalue weighted by Crippen LogP contribution is -2.24. The number of aromatic carboxylic acids is 1. The SMILES string of the molecule is O=C(O)c1ccc(COCC2CCCCO2)cc1F. The number of rotatable bonds is 5. The van der Waals surface area contributed by atoms with Gasteiger partial charge < -0.3 is 14.6 Å². The van der Waals surface area contributed by atoms with Crippen LogP contribution in [0.2, 0.25) is 0 Å². The maximum atomic E-state index is 13.4. The van der Waals surface area contributed by atoms with E-state index in [1.165, 1.54) is 12.1 Å². The summed E-state index contributed by atoms with van der Waals surface area (Å²) in [6.45, 7) is 1.52. The molecule has 1 unspecified atom stereocenters. The third kappa shape index (κ3) is 4.01. The number of halogens is 1. The molecule has 1 aromatic carbocycles. The molecule has 1 aliphatic heterocycles. The fourth-order valence-electron chi connectivity index (χ4n) is 2.07. The van der Waals surface area contributed by atoms with Gasteiger partial charge in [0.1, 0.15) is 5.82 Å². The summed E-state index contributed by atoms with van der Waals surface area (Å²) in [4.78, 5) is 10.7. The van der Waals surface area contributed by atoms with Gasteiger partial charge in [-0.1, -0.05) is 6.07 Å². The van der Waals surface area contributed by atoms with Crippen LogP contribution in [0.4, 0.5) is 4.39 Å². The predicted octanol–water partition coefficient (Wildman–Crippen LogP) is 2.61. The first kappa shape index (κ1) is 14.0. The van der Waals surface area contributed by atoms with Gasteiger partial charge >= 0.3 is 5.97 Å². The molecule has 1 N–H and O–H groups in total. The summed E-state index contributed by atoms with van der Waals surface area (Å²) in [5.74, 6) is -2.00. The molecule has 19 heavy (non-hydrogen) atoms. The molecule has 0 aliphatic carbocycles. The number of hydrogen-bond donors (Lipinski definition) is 1. The van der Waals surface area contributed by atoms with Crippen LogP contribution in [0, 0.1) is 5.82 Å². The van der Waals surface area contributed by atoms with E-state index in [1.807, 2.05) is 0 Å². The lowest BCUT2D eigenvalue weighted by molar-refractivity contribution is -0.0447. The molecule has 0 amide bonds. The standard InChI is InChI=1S/C14H17FO4/c15-13-7-10(4-5-12(13)14(16)17)8-18-9-11-3-1-2-6-19-11/h4-5,7,11H,1-3,6,8-9H2,(H,16,17). The zero-order chi connectivity index (χ0) is 13.7. The van der Waals surface area contributed by atoms with Crippen molar-refractivity contribution in [2.24, 2.45) is 0 Å². The van der Waals surface area contributed by atoms with Gasteiger partial charge in [0, 0.05) is 6.61 Å². The van der Waals surface area contributed by atoms with Crippen molar-refractivity contribution in [2.75, 3.05) is 13.2 Å². The van der Waals surface area contributed by atoms with Gasteiger partial charge in [0.25, 0.3) is 0 Å². The maximum Gasteiger partial charge on any atom is 0.338 e. The van der Waals surface area contributed by atoms with Crippen molar-refractivity contribution < 1.29 is 23.8 Å². The van der Waals surface area contributed by atoms with Crippen LogP contribution < -0.4 is 0 Å². The summed E-state index contributed by atoms with van der Waals surface area (Å²) in [5, 5.41) is 8.72. The minimum absolute atomic E-state index is 0.122. The van der Waals surface area contributed by atoms with Crippen molar-refractivity contribution in [3.05, 3.63) is 35.1 Å². The largest absolute Gasteiger partial charge is 0.478 e. The molecular formula is C14H17FO4. The maximum absolute atomic E-state index is 13.4. The molecule has 1 aromatic rings. The highest BCUT2D eigenvalue weighted by Gasteiger charge is 2.14. The van der Waals surface area contributed by atoms with Gasteiger partial charge in [-0.15, -0.1) is 0 Å². The molecule has 4 nitrogen and oxygen atoms in total. The average Bonchev–Trinajstić information content (AvgIpc) is 2.39. The van der Waals surface area contributed by atoms with Crippen molar-refractivity contribution in [1.29, 1.82) is 0 Å². The molecule has 5 heteroatoms. The number of ether oxygens (including phenoxy) is 2. The monoisotopic (exact) mass is 268 g/mol. The normalized spacial score (nSPS) is 19.3. The molecular weight excluding hydrogens is 251 g/mol. The Morgan fingerprint density at radius 1 is 1.47 bits per heavy atom.